The van der Waals surface area contributed by atoms with Gasteiger partial charge in [0.2, 0.25) is 0 Å². The Bertz CT molecular complexity index is 200. The maximum absolute atomic E-state index is 3.60. The molecule has 0 spiro atoms. The zero-order valence-electron chi connectivity index (χ0n) is 9.89. The lowest BCUT2D eigenvalue weighted by Crippen LogP contribution is -2.43. The molecule has 0 aromatic rings. The molecule has 2 unspecified atom stereocenters. The Balaban J connectivity index is 2.70. The fourth-order valence-corrected chi connectivity index (χ4v) is 3.42. The zero-order chi connectivity index (χ0) is 10.6. The van der Waals surface area contributed by atoms with Gasteiger partial charge in [0, 0.05) is 10.8 Å². The van der Waals surface area contributed by atoms with Gasteiger partial charge in [-0.2, -0.15) is 11.8 Å². The number of thioether (sulfide) groups is 1. The monoisotopic (exact) mass is 213 g/mol. The molecule has 1 N–H and O–H groups in total. The van der Waals surface area contributed by atoms with Crippen LogP contribution < -0.4 is 5.32 Å². The molecule has 0 aromatic heterocycles. The van der Waals surface area contributed by atoms with Gasteiger partial charge in [-0.25, -0.2) is 0 Å². The second kappa shape index (κ2) is 5.22. The molecule has 0 aliphatic carbocycles. The van der Waals surface area contributed by atoms with Crippen molar-refractivity contribution < 1.29 is 0 Å². The predicted octanol–water partition coefficient (Wildman–Crippen LogP) is 3.22. The topological polar surface area (TPSA) is 12.0 Å². The molecule has 14 heavy (non-hydrogen) atoms. The van der Waals surface area contributed by atoms with Crippen LogP contribution in [0.5, 0.6) is 0 Å². The minimum atomic E-state index is 0.424. The van der Waals surface area contributed by atoms with E-state index >= 15 is 0 Å². The number of rotatable bonds is 4. The van der Waals surface area contributed by atoms with Gasteiger partial charge in [0.05, 0.1) is 0 Å². The third kappa shape index (κ3) is 3.03. The average molecular weight is 213 g/mol. The molecule has 1 fully saturated rings. The molecule has 0 aromatic carbocycles. The molecule has 1 saturated heterocycles. The minimum Gasteiger partial charge on any atom is -0.310 e. The summed E-state index contributed by atoms with van der Waals surface area (Å²) in [4.78, 5) is 0. The van der Waals surface area contributed by atoms with Crippen molar-refractivity contribution in [1.82, 2.24) is 5.32 Å². The van der Waals surface area contributed by atoms with E-state index in [2.05, 4.69) is 50.8 Å². The summed E-state index contributed by atoms with van der Waals surface area (Å²) in [5.41, 5.74) is 1.42. The molecule has 1 aliphatic heterocycles. The van der Waals surface area contributed by atoms with Crippen LogP contribution >= 0.6 is 11.8 Å². The summed E-state index contributed by atoms with van der Waals surface area (Å²) >= 11 is 2.13. The molecule has 1 nitrogen and oxygen atoms in total. The van der Waals surface area contributed by atoms with Gasteiger partial charge in [-0.3, -0.25) is 0 Å². The van der Waals surface area contributed by atoms with Crippen LogP contribution in [-0.2, 0) is 0 Å². The Labute approximate surface area is 92.7 Å². The van der Waals surface area contributed by atoms with Crippen LogP contribution in [0.25, 0.3) is 0 Å². The van der Waals surface area contributed by atoms with E-state index < -0.39 is 0 Å². The first-order valence-electron chi connectivity index (χ1n) is 5.61. The van der Waals surface area contributed by atoms with Gasteiger partial charge in [-0.1, -0.05) is 18.6 Å². The van der Waals surface area contributed by atoms with Crippen molar-refractivity contribution in [3.8, 4) is 0 Å². The van der Waals surface area contributed by atoms with E-state index in [1.807, 2.05) is 0 Å². The Morgan fingerprint density at radius 3 is 2.71 bits per heavy atom. The normalized spacial score (nSPS) is 28.9. The number of hydrogen-bond acceptors (Lipinski definition) is 2. The molecule has 0 radical (unpaired) electrons. The molecule has 1 heterocycles. The third-order valence-corrected chi connectivity index (χ3v) is 4.44. The standard InChI is InChI=1S/C12H23NS/c1-5-13-11(9-10(2)3)12(4)7-6-8-14-12/h9,11,13H,5-8H2,1-4H3. The zero-order valence-corrected chi connectivity index (χ0v) is 10.7. The molecule has 0 bridgehead atoms. The van der Waals surface area contributed by atoms with Crippen molar-refractivity contribution in [3.63, 3.8) is 0 Å². The van der Waals surface area contributed by atoms with Gasteiger partial charge in [-0.15, -0.1) is 0 Å². The average Bonchev–Trinajstić information content (AvgIpc) is 2.52. The van der Waals surface area contributed by atoms with Crippen LogP contribution in [0.3, 0.4) is 0 Å². The lowest BCUT2D eigenvalue weighted by molar-refractivity contribution is 0.468. The summed E-state index contributed by atoms with van der Waals surface area (Å²) in [6, 6.07) is 0.546. The van der Waals surface area contributed by atoms with Crippen LogP contribution in [0.15, 0.2) is 11.6 Å². The summed E-state index contributed by atoms with van der Waals surface area (Å²) in [5, 5.41) is 3.60. The van der Waals surface area contributed by atoms with Crippen LogP contribution in [0.4, 0.5) is 0 Å². The lowest BCUT2D eigenvalue weighted by atomic mass is 9.94. The number of likely N-dealkylation sites (N-methyl/N-ethyl adjacent to an activating group) is 1. The molecule has 1 aliphatic rings. The Kier molecular flexibility index (Phi) is 4.52. The van der Waals surface area contributed by atoms with E-state index in [-0.39, 0.29) is 0 Å². The highest BCUT2D eigenvalue weighted by Gasteiger charge is 2.35. The van der Waals surface area contributed by atoms with Crippen LogP contribution in [0, 0.1) is 0 Å². The van der Waals surface area contributed by atoms with E-state index in [0.29, 0.717) is 10.8 Å². The van der Waals surface area contributed by atoms with Gasteiger partial charge < -0.3 is 5.32 Å². The van der Waals surface area contributed by atoms with Gasteiger partial charge in [0.25, 0.3) is 0 Å². The largest absolute Gasteiger partial charge is 0.310 e. The van der Waals surface area contributed by atoms with Crippen molar-refractivity contribution in [2.24, 2.45) is 0 Å². The Hall–Kier alpha value is 0.0500. The van der Waals surface area contributed by atoms with Crippen molar-refractivity contribution in [2.45, 2.75) is 51.3 Å². The van der Waals surface area contributed by atoms with E-state index in [1.54, 1.807) is 0 Å². The van der Waals surface area contributed by atoms with Gasteiger partial charge in [0.1, 0.15) is 0 Å². The molecule has 0 amide bonds. The van der Waals surface area contributed by atoms with Crippen molar-refractivity contribution >= 4 is 11.8 Å². The fraction of sp³-hybridized carbons (Fsp3) is 0.833. The third-order valence-electron chi connectivity index (χ3n) is 2.83. The second-order valence-corrected chi connectivity index (χ2v) is 6.17. The van der Waals surface area contributed by atoms with Crippen LogP contribution in [-0.4, -0.2) is 23.1 Å². The molecule has 82 valence electrons. The van der Waals surface area contributed by atoms with Gasteiger partial charge in [-0.05, 0) is 45.9 Å². The number of hydrogen-bond donors (Lipinski definition) is 1. The number of nitrogens with one attached hydrogen (secondary N) is 1. The Morgan fingerprint density at radius 1 is 1.57 bits per heavy atom. The van der Waals surface area contributed by atoms with Crippen LogP contribution in [0.1, 0.15) is 40.5 Å². The van der Waals surface area contributed by atoms with Crippen LogP contribution in [0.2, 0.25) is 0 Å². The summed E-state index contributed by atoms with van der Waals surface area (Å²) in [6.07, 6.45) is 5.11. The highest BCUT2D eigenvalue weighted by Crippen LogP contribution is 2.41. The van der Waals surface area contributed by atoms with E-state index in [4.69, 9.17) is 0 Å². The molecule has 1 rings (SSSR count). The van der Waals surface area contributed by atoms with E-state index in [9.17, 15) is 0 Å². The summed E-state index contributed by atoms with van der Waals surface area (Å²) in [6.45, 7) is 10.0. The lowest BCUT2D eigenvalue weighted by Gasteiger charge is -2.32. The molecule has 2 atom stereocenters. The second-order valence-electron chi connectivity index (χ2n) is 4.54. The summed E-state index contributed by atoms with van der Waals surface area (Å²) in [7, 11) is 0. The highest BCUT2D eigenvalue weighted by atomic mass is 32.2. The maximum Gasteiger partial charge on any atom is 0.0398 e. The number of allylic oxidation sites excluding steroid dienone is 1. The first kappa shape index (κ1) is 12.1. The molecular weight excluding hydrogens is 190 g/mol. The first-order valence-corrected chi connectivity index (χ1v) is 6.59. The predicted molar refractivity (Wildman–Crippen MR) is 67.0 cm³/mol. The Morgan fingerprint density at radius 2 is 2.29 bits per heavy atom. The van der Waals surface area contributed by atoms with Crippen molar-refractivity contribution in [2.75, 3.05) is 12.3 Å². The molecule has 2 heteroatoms. The first-order chi connectivity index (χ1) is 6.58. The maximum atomic E-state index is 3.60. The SMILES string of the molecule is CCNC(C=C(C)C)C1(C)CCCS1. The van der Waals surface area contributed by atoms with Gasteiger partial charge in [0.15, 0.2) is 0 Å². The van der Waals surface area contributed by atoms with Crippen molar-refractivity contribution in [3.05, 3.63) is 11.6 Å². The van der Waals surface area contributed by atoms with Gasteiger partial charge >= 0.3 is 0 Å². The highest BCUT2D eigenvalue weighted by molar-refractivity contribution is 8.00. The van der Waals surface area contributed by atoms with E-state index in [0.717, 1.165) is 6.54 Å². The smallest absolute Gasteiger partial charge is 0.0398 e. The molecular formula is C12H23NS. The van der Waals surface area contributed by atoms with E-state index in [1.165, 1.54) is 24.2 Å². The fourth-order valence-electron chi connectivity index (χ4n) is 2.05. The summed E-state index contributed by atoms with van der Waals surface area (Å²) in [5.74, 6) is 1.33. The molecule has 0 saturated carbocycles. The summed E-state index contributed by atoms with van der Waals surface area (Å²) < 4.78 is 0.424. The van der Waals surface area contributed by atoms with Crippen molar-refractivity contribution in [1.29, 1.82) is 0 Å². The minimum absolute atomic E-state index is 0.424. The quantitative estimate of drug-likeness (QED) is 0.720.